The van der Waals surface area contributed by atoms with Crippen LogP contribution in [0.2, 0.25) is 0 Å². The predicted molar refractivity (Wildman–Crippen MR) is 61.3 cm³/mol. The molecule has 0 atom stereocenters. The van der Waals surface area contributed by atoms with Crippen molar-refractivity contribution in [3.63, 3.8) is 0 Å². The van der Waals surface area contributed by atoms with Crippen LogP contribution in [-0.4, -0.2) is 28.2 Å². The number of nitriles is 1. The number of benzene rings is 1. The normalized spacial score (nSPS) is 17.1. The molecule has 0 aliphatic carbocycles. The molecule has 0 unspecified atom stereocenters. The van der Waals surface area contributed by atoms with Gasteiger partial charge in [-0.25, -0.2) is 4.68 Å². The lowest BCUT2D eigenvalue weighted by Crippen LogP contribution is -2.20. The van der Waals surface area contributed by atoms with Crippen LogP contribution in [0.4, 0.5) is 0 Å². The zero-order valence-corrected chi connectivity index (χ0v) is 9.33. The standard InChI is InChI=1S/C12H12N4O/c13-8-9-1-2-12-11(7-9)14-15-16(12)10-3-5-17-6-4-10/h1-2,7,10H,3-6H2. The molecule has 5 nitrogen and oxygen atoms in total. The van der Waals surface area contributed by atoms with Gasteiger partial charge in [-0.05, 0) is 31.0 Å². The number of hydrogen-bond acceptors (Lipinski definition) is 4. The van der Waals surface area contributed by atoms with Crippen molar-refractivity contribution >= 4 is 11.0 Å². The second kappa shape index (κ2) is 4.15. The first-order valence-corrected chi connectivity index (χ1v) is 5.71. The van der Waals surface area contributed by atoms with Crippen LogP contribution in [0.25, 0.3) is 11.0 Å². The van der Waals surface area contributed by atoms with E-state index in [0.29, 0.717) is 11.6 Å². The summed E-state index contributed by atoms with van der Waals surface area (Å²) in [5.74, 6) is 0. The Morgan fingerprint density at radius 2 is 2.18 bits per heavy atom. The van der Waals surface area contributed by atoms with E-state index >= 15 is 0 Å². The minimum absolute atomic E-state index is 0.363. The second-order valence-corrected chi connectivity index (χ2v) is 4.19. The number of fused-ring (bicyclic) bond motifs is 1. The SMILES string of the molecule is N#Cc1ccc2c(c1)nnn2C1CCOCC1. The van der Waals surface area contributed by atoms with E-state index in [2.05, 4.69) is 16.4 Å². The van der Waals surface area contributed by atoms with Crippen LogP contribution in [0, 0.1) is 11.3 Å². The summed E-state index contributed by atoms with van der Waals surface area (Å²) in [4.78, 5) is 0. The van der Waals surface area contributed by atoms with Crippen molar-refractivity contribution in [2.45, 2.75) is 18.9 Å². The highest BCUT2D eigenvalue weighted by molar-refractivity contribution is 5.76. The van der Waals surface area contributed by atoms with Gasteiger partial charge in [0.15, 0.2) is 0 Å². The summed E-state index contributed by atoms with van der Waals surface area (Å²) in [5, 5.41) is 17.2. The maximum atomic E-state index is 8.83. The molecule has 1 aliphatic heterocycles. The summed E-state index contributed by atoms with van der Waals surface area (Å²) in [6.45, 7) is 1.56. The van der Waals surface area contributed by atoms with Gasteiger partial charge in [-0.3, -0.25) is 0 Å². The third-order valence-corrected chi connectivity index (χ3v) is 3.14. The fraction of sp³-hybridized carbons (Fsp3) is 0.417. The van der Waals surface area contributed by atoms with Gasteiger partial charge in [-0.1, -0.05) is 5.21 Å². The fourth-order valence-electron chi connectivity index (χ4n) is 2.21. The highest BCUT2D eigenvalue weighted by Gasteiger charge is 2.18. The maximum Gasteiger partial charge on any atom is 0.114 e. The third kappa shape index (κ3) is 1.77. The van der Waals surface area contributed by atoms with Gasteiger partial charge in [0.1, 0.15) is 5.52 Å². The summed E-state index contributed by atoms with van der Waals surface area (Å²) in [7, 11) is 0. The van der Waals surface area contributed by atoms with Crippen molar-refractivity contribution in [2.75, 3.05) is 13.2 Å². The molecule has 1 aromatic heterocycles. The smallest absolute Gasteiger partial charge is 0.114 e. The van der Waals surface area contributed by atoms with Gasteiger partial charge in [-0.15, -0.1) is 5.10 Å². The monoisotopic (exact) mass is 228 g/mol. The first kappa shape index (κ1) is 10.2. The van der Waals surface area contributed by atoms with Gasteiger partial charge in [0.25, 0.3) is 0 Å². The molecule has 0 bridgehead atoms. The van der Waals surface area contributed by atoms with E-state index in [0.717, 1.165) is 37.1 Å². The van der Waals surface area contributed by atoms with E-state index in [-0.39, 0.29) is 0 Å². The Kier molecular flexibility index (Phi) is 2.50. The first-order valence-electron chi connectivity index (χ1n) is 5.71. The average Bonchev–Trinajstić information content (AvgIpc) is 2.82. The lowest BCUT2D eigenvalue weighted by Gasteiger charge is -2.22. The van der Waals surface area contributed by atoms with Gasteiger partial charge in [0.05, 0.1) is 23.2 Å². The van der Waals surface area contributed by atoms with Crippen LogP contribution in [-0.2, 0) is 4.74 Å². The zero-order chi connectivity index (χ0) is 11.7. The number of ether oxygens (including phenoxy) is 1. The summed E-state index contributed by atoms with van der Waals surface area (Å²) < 4.78 is 7.30. The third-order valence-electron chi connectivity index (χ3n) is 3.14. The van der Waals surface area contributed by atoms with Crippen molar-refractivity contribution in [3.8, 4) is 6.07 Å². The van der Waals surface area contributed by atoms with Gasteiger partial charge < -0.3 is 4.74 Å². The Hall–Kier alpha value is -1.93. The molecule has 3 rings (SSSR count). The van der Waals surface area contributed by atoms with Crippen LogP contribution in [0.5, 0.6) is 0 Å². The van der Waals surface area contributed by atoms with Gasteiger partial charge in [0, 0.05) is 13.2 Å². The summed E-state index contributed by atoms with van der Waals surface area (Å²) in [6.07, 6.45) is 1.94. The predicted octanol–water partition coefficient (Wildman–Crippen LogP) is 1.65. The fourth-order valence-corrected chi connectivity index (χ4v) is 2.21. The lowest BCUT2D eigenvalue weighted by atomic mass is 10.1. The molecule has 0 N–H and O–H groups in total. The summed E-state index contributed by atoms with van der Waals surface area (Å²) in [5.41, 5.74) is 2.41. The maximum absolute atomic E-state index is 8.83. The van der Waals surface area contributed by atoms with Crippen molar-refractivity contribution in [1.29, 1.82) is 5.26 Å². The molecule has 2 aromatic rings. The first-order chi connectivity index (χ1) is 8.38. The molecule has 5 heteroatoms. The summed E-state index contributed by atoms with van der Waals surface area (Å²) in [6, 6.07) is 7.98. The van der Waals surface area contributed by atoms with E-state index in [1.165, 1.54) is 0 Å². The quantitative estimate of drug-likeness (QED) is 0.744. The highest BCUT2D eigenvalue weighted by Crippen LogP contribution is 2.24. The van der Waals surface area contributed by atoms with Crippen LogP contribution >= 0.6 is 0 Å². The topological polar surface area (TPSA) is 63.7 Å². The molecule has 0 radical (unpaired) electrons. The molecule has 86 valence electrons. The number of rotatable bonds is 1. The van der Waals surface area contributed by atoms with E-state index in [1.807, 2.05) is 16.8 Å². The average molecular weight is 228 g/mol. The van der Waals surface area contributed by atoms with E-state index in [1.54, 1.807) is 6.07 Å². The second-order valence-electron chi connectivity index (χ2n) is 4.19. The molecule has 2 heterocycles. The lowest BCUT2D eigenvalue weighted by molar-refractivity contribution is 0.0669. The van der Waals surface area contributed by atoms with E-state index in [4.69, 9.17) is 10.00 Å². The van der Waals surface area contributed by atoms with Crippen molar-refractivity contribution in [3.05, 3.63) is 23.8 Å². The Labute approximate surface area is 98.6 Å². The molecule has 17 heavy (non-hydrogen) atoms. The molecular weight excluding hydrogens is 216 g/mol. The minimum Gasteiger partial charge on any atom is -0.381 e. The Morgan fingerprint density at radius 3 is 2.94 bits per heavy atom. The van der Waals surface area contributed by atoms with Crippen molar-refractivity contribution < 1.29 is 4.74 Å². The molecule has 1 aromatic carbocycles. The van der Waals surface area contributed by atoms with E-state index in [9.17, 15) is 0 Å². The van der Waals surface area contributed by atoms with Crippen LogP contribution in [0.1, 0.15) is 24.4 Å². The molecule has 0 saturated carbocycles. The molecule has 1 fully saturated rings. The van der Waals surface area contributed by atoms with Crippen molar-refractivity contribution in [2.24, 2.45) is 0 Å². The molecule has 1 saturated heterocycles. The van der Waals surface area contributed by atoms with Crippen LogP contribution in [0.15, 0.2) is 18.2 Å². The molecule has 0 amide bonds. The van der Waals surface area contributed by atoms with Gasteiger partial charge >= 0.3 is 0 Å². The Balaban J connectivity index is 2.03. The van der Waals surface area contributed by atoms with E-state index < -0.39 is 0 Å². The van der Waals surface area contributed by atoms with Gasteiger partial charge in [-0.2, -0.15) is 5.26 Å². The molecule has 1 aliphatic rings. The van der Waals surface area contributed by atoms with Crippen LogP contribution in [0.3, 0.4) is 0 Å². The zero-order valence-electron chi connectivity index (χ0n) is 9.33. The number of aromatic nitrogens is 3. The number of nitrogens with zero attached hydrogens (tertiary/aromatic N) is 4. The minimum atomic E-state index is 0.363. The van der Waals surface area contributed by atoms with Crippen molar-refractivity contribution in [1.82, 2.24) is 15.0 Å². The van der Waals surface area contributed by atoms with Crippen LogP contribution < -0.4 is 0 Å². The molecular formula is C12H12N4O. The Bertz CT molecular complexity index is 578. The Morgan fingerprint density at radius 1 is 1.35 bits per heavy atom. The summed E-state index contributed by atoms with van der Waals surface area (Å²) >= 11 is 0. The molecule has 0 spiro atoms. The number of hydrogen-bond donors (Lipinski definition) is 0. The highest BCUT2D eigenvalue weighted by atomic mass is 16.5. The van der Waals surface area contributed by atoms with Gasteiger partial charge in [0.2, 0.25) is 0 Å². The largest absolute Gasteiger partial charge is 0.381 e.